The molecule has 1 aromatic heterocycles. The van der Waals surface area contributed by atoms with Crippen molar-refractivity contribution in [3.05, 3.63) is 22.4 Å². The minimum Gasteiger partial charge on any atom is -0.383 e. The number of hydrogen-bond donors (Lipinski definition) is 2. The van der Waals surface area contributed by atoms with Gasteiger partial charge in [-0.1, -0.05) is 6.07 Å². The number of thiophene rings is 1. The first-order valence-corrected chi connectivity index (χ1v) is 6.71. The lowest BCUT2D eigenvalue weighted by molar-refractivity contribution is -0.136. The van der Waals surface area contributed by atoms with Crippen LogP contribution < -0.4 is 11.1 Å². The molecule has 7 heteroatoms. The minimum absolute atomic E-state index is 0.0123. The topological polar surface area (TPSA) is 84.7 Å². The van der Waals surface area contributed by atoms with Gasteiger partial charge in [0.05, 0.1) is 19.7 Å². The van der Waals surface area contributed by atoms with E-state index >= 15 is 0 Å². The zero-order chi connectivity index (χ0) is 14.3. The smallest absolute Gasteiger partial charge is 0.242 e. The van der Waals surface area contributed by atoms with Gasteiger partial charge in [-0.2, -0.15) is 0 Å². The third kappa shape index (κ3) is 5.37. The number of methoxy groups -OCH3 is 1. The predicted octanol–water partition coefficient (Wildman–Crippen LogP) is -0.204. The molecule has 19 heavy (non-hydrogen) atoms. The molecule has 1 unspecified atom stereocenters. The Morgan fingerprint density at radius 2 is 2.32 bits per heavy atom. The van der Waals surface area contributed by atoms with Crippen molar-refractivity contribution in [3.8, 4) is 0 Å². The average Bonchev–Trinajstić information content (AvgIpc) is 2.88. The summed E-state index contributed by atoms with van der Waals surface area (Å²) >= 11 is 1.57. The maximum atomic E-state index is 11.7. The number of nitrogens with two attached hydrogens (primary N) is 1. The van der Waals surface area contributed by atoms with E-state index in [1.165, 1.54) is 12.0 Å². The van der Waals surface area contributed by atoms with Crippen LogP contribution >= 0.6 is 11.3 Å². The zero-order valence-corrected chi connectivity index (χ0v) is 11.9. The molecular weight excluding hydrogens is 266 g/mol. The molecule has 0 fully saturated rings. The van der Waals surface area contributed by atoms with Crippen molar-refractivity contribution >= 4 is 23.2 Å². The highest BCUT2D eigenvalue weighted by atomic mass is 32.1. The summed E-state index contributed by atoms with van der Waals surface area (Å²) in [6, 6.07) is 3.12. The molecule has 3 N–H and O–H groups in total. The van der Waals surface area contributed by atoms with E-state index in [1.807, 2.05) is 17.5 Å². The summed E-state index contributed by atoms with van der Waals surface area (Å²) in [7, 11) is 3.02. The molecule has 1 rings (SSSR count). The molecule has 0 saturated carbocycles. The maximum absolute atomic E-state index is 11.7. The highest BCUT2D eigenvalue weighted by molar-refractivity contribution is 7.09. The molecule has 0 aliphatic heterocycles. The van der Waals surface area contributed by atoms with Gasteiger partial charge in [0, 0.05) is 19.0 Å². The van der Waals surface area contributed by atoms with E-state index in [0.717, 1.165) is 4.88 Å². The lowest BCUT2D eigenvalue weighted by Gasteiger charge is -2.20. The fourth-order valence-electron chi connectivity index (χ4n) is 1.48. The number of likely N-dealkylation sites (N-methyl/N-ethyl adjacent to an activating group) is 1. The van der Waals surface area contributed by atoms with Crippen molar-refractivity contribution in [2.45, 2.75) is 12.6 Å². The Balaban J connectivity index is 2.32. The maximum Gasteiger partial charge on any atom is 0.242 e. The first kappa shape index (κ1) is 15.6. The summed E-state index contributed by atoms with van der Waals surface area (Å²) < 4.78 is 4.80. The number of carbonyl (C=O) groups excluding carboxylic acids is 2. The van der Waals surface area contributed by atoms with Crippen LogP contribution in [0.1, 0.15) is 4.88 Å². The van der Waals surface area contributed by atoms with Crippen LogP contribution in [0, 0.1) is 0 Å². The Morgan fingerprint density at radius 1 is 1.58 bits per heavy atom. The highest BCUT2D eigenvalue weighted by Gasteiger charge is 2.19. The summed E-state index contributed by atoms with van der Waals surface area (Å²) in [5.41, 5.74) is 5.61. The molecule has 0 aliphatic carbocycles. The number of carbonyl (C=O) groups is 2. The Labute approximate surface area is 116 Å². The van der Waals surface area contributed by atoms with Crippen molar-refractivity contribution in [2.75, 3.05) is 27.3 Å². The molecule has 1 aromatic rings. The second-order valence-corrected chi connectivity index (χ2v) is 5.14. The molecule has 0 bridgehead atoms. The van der Waals surface area contributed by atoms with Gasteiger partial charge in [0.1, 0.15) is 6.04 Å². The van der Waals surface area contributed by atoms with Crippen molar-refractivity contribution in [1.29, 1.82) is 0 Å². The standard InChI is InChI=1S/C12H19N3O3S/c1-15(12(17)10(13)8-18-2)7-11(16)14-6-9-4-3-5-19-9/h3-5,10H,6-8,13H2,1-2H3,(H,14,16). The van der Waals surface area contributed by atoms with Gasteiger partial charge in [-0.25, -0.2) is 0 Å². The van der Waals surface area contributed by atoms with E-state index in [-0.39, 0.29) is 25.0 Å². The Kier molecular flexibility index (Phi) is 6.48. The predicted molar refractivity (Wildman–Crippen MR) is 73.7 cm³/mol. The molecule has 0 radical (unpaired) electrons. The van der Waals surface area contributed by atoms with Gasteiger partial charge in [-0.15, -0.1) is 11.3 Å². The average molecular weight is 285 g/mol. The summed E-state index contributed by atoms with van der Waals surface area (Å²) in [6.45, 7) is 0.601. The van der Waals surface area contributed by atoms with Gasteiger partial charge in [0.25, 0.3) is 0 Å². The molecule has 0 aliphatic rings. The number of nitrogens with one attached hydrogen (secondary N) is 1. The van der Waals surface area contributed by atoms with Crippen LogP contribution in [0.5, 0.6) is 0 Å². The normalized spacial score (nSPS) is 11.9. The van der Waals surface area contributed by atoms with E-state index < -0.39 is 6.04 Å². The fourth-order valence-corrected chi connectivity index (χ4v) is 2.13. The molecule has 0 aromatic carbocycles. The van der Waals surface area contributed by atoms with Crippen molar-refractivity contribution in [2.24, 2.45) is 5.73 Å². The van der Waals surface area contributed by atoms with Gasteiger partial charge in [0.15, 0.2) is 0 Å². The lowest BCUT2D eigenvalue weighted by atomic mass is 10.3. The van der Waals surface area contributed by atoms with Gasteiger partial charge in [-0.3, -0.25) is 9.59 Å². The summed E-state index contributed by atoms with van der Waals surface area (Å²) in [6.07, 6.45) is 0. The van der Waals surface area contributed by atoms with Crippen LogP contribution in [0.25, 0.3) is 0 Å². The molecule has 106 valence electrons. The molecule has 0 spiro atoms. The SMILES string of the molecule is COCC(N)C(=O)N(C)CC(=O)NCc1cccs1. The van der Waals surface area contributed by atoms with Crippen molar-refractivity contribution < 1.29 is 14.3 Å². The Bertz CT molecular complexity index is 408. The Hall–Kier alpha value is -1.44. The van der Waals surface area contributed by atoms with Crippen LogP contribution in [0.4, 0.5) is 0 Å². The van der Waals surface area contributed by atoms with E-state index in [2.05, 4.69) is 5.32 Å². The molecular formula is C12H19N3O3S. The van der Waals surface area contributed by atoms with Gasteiger partial charge >= 0.3 is 0 Å². The zero-order valence-electron chi connectivity index (χ0n) is 11.1. The minimum atomic E-state index is -0.736. The fraction of sp³-hybridized carbons (Fsp3) is 0.500. The van der Waals surface area contributed by atoms with Crippen LogP contribution in [0.15, 0.2) is 17.5 Å². The van der Waals surface area contributed by atoms with E-state index in [4.69, 9.17) is 10.5 Å². The third-order valence-electron chi connectivity index (χ3n) is 2.46. The number of nitrogens with zero attached hydrogens (tertiary/aromatic N) is 1. The number of amides is 2. The largest absolute Gasteiger partial charge is 0.383 e. The number of ether oxygens (including phenoxy) is 1. The Morgan fingerprint density at radius 3 is 2.89 bits per heavy atom. The quantitative estimate of drug-likeness (QED) is 0.726. The molecule has 0 saturated heterocycles. The van der Waals surface area contributed by atoms with Crippen LogP contribution in [0.2, 0.25) is 0 Å². The number of hydrogen-bond acceptors (Lipinski definition) is 5. The van der Waals surface area contributed by atoms with Crippen molar-refractivity contribution in [3.63, 3.8) is 0 Å². The van der Waals surface area contributed by atoms with Crippen molar-refractivity contribution in [1.82, 2.24) is 10.2 Å². The molecule has 1 heterocycles. The van der Waals surface area contributed by atoms with Gasteiger partial charge in [0.2, 0.25) is 11.8 Å². The van der Waals surface area contributed by atoms with Gasteiger partial charge < -0.3 is 20.7 Å². The first-order valence-electron chi connectivity index (χ1n) is 5.83. The monoisotopic (exact) mass is 285 g/mol. The summed E-state index contributed by atoms with van der Waals surface area (Å²) in [4.78, 5) is 25.8. The second kappa shape index (κ2) is 7.88. The van der Waals surface area contributed by atoms with Crippen LogP contribution in [0.3, 0.4) is 0 Å². The second-order valence-electron chi connectivity index (χ2n) is 4.11. The number of rotatable bonds is 7. The van der Waals surface area contributed by atoms with E-state index in [0.29, 0.717) is 6.54 Å². The third-order valence-corrected chi connectivity index (χ3v) is 3.34. The van der Waals surface area contributed by atoms with Crippen LogP contribution in [-0.4, -0.2) is 50.1 Å². The van der Waals surface area contributed by atoms with E-state index in [1.54, 1.807) is 18.4 Å². The summed E-state index contributed by atoms with van der Waals surface area (Å²) in [5, 5.41) is 4.69. The lowest BCUT2D eigenvalue weighted by Crippen LogP contribution is -2.47. The van der Waals surface area contributed by atoms with Gasteiger partial charge in [-0.05, 0) is 11.4 Å². The molecule has 2 amide bonds. The summed E-state index contributed by atoms with van der Waals surface area (Å²) in [5.74, 6) is -0.526. The van der Waals surface area contributed by atoms with Crippen LogP contribution in [-0.2, 0) is 20.9 Å². The molecule has 6 nitrogen and oxygen atoms in total. The highest BCUT2D eigenvalue weighted by Crippen LogP contribution is 2.07. The molecule has 1 atom stereocenters. The van der Waals surface area contributed by atoms with E-state index in [9.17, 15) is 9.59 Å². The first-order chi connectivity index (χ1) is 9.04.